The van der Waals surface area contributed by atoms with E-state index in [0.717, 1.165) is 49.4 Å². The molecule has 6 heteroatoms. The van der Waals surface area contributed by atoms with Crippen molar-refractivity contribution in [3.63, 3.8) is 0 Å². The van der Waals surface area contributed by atoms with E-state index < -0.39 is 0 Å². The quantitative estimate of drug-likeness (QED) is 0.848. The molecule has 0 saturated carbocycles. The maximum absolute atomic E-state index is 8.97. The van der Waals surface area contributed by atoms with E-state index in [9.17, 15) is 0 Å². The molecule has 0 bridgehead atoms. The number of nitrogens with zero attached hydrogens (tertiary/aromatic N) is 5. The van der Waals surface area contributed by atoms with Gasteiger partial charge in [0.25, 0.3) is 0 Å². The zero-order valence-electron chi connectivity index (χ0n) is 11.2. The van der Waals surface area contributed by atoms with Crippen LogP contribution < -0.4 is 4.90 Å². The Balaban J connectivity index is 1.82. The summed E-state index contributed by atoms with van der Waals surface area (Å²) < 4.78 is 1.81. The summed E-state index contributed by atoms with van der Waals surface area (Å²) in [6, 6.07) is 6.21. The molecule has 0 aliphatic carbocycles. The number of aliphatic hydroxyl groups excluding tert-OH is 1. The number of β-amino-alcohol motifs (C(OH)–C–C–N with tert-alkyl or cyclic N) is 1. The molecule has 1 aromatic heterocycles. The molecule has 1 aliphatic heterocycles. The minimum Gasteiger partial charge on any atom is -0.395 e. The summed E-state index contributed by atoms with van der Waals surface area (Å²) in [6.45, 7) is 4.91. The second kappa shape index (κ2) is 5.14. The number of piperazine rings is 1. The summed E-state index contributed by atoms with van der Waals surface area (Å²) in [5.74, 6) is 0. The molecule has 1 saturated heterocycles. The zero-order valence-corrected chi connectivity index (χ0v) is 11.2. The lowest BCUT2D eigenvalue weighted by Crippen LogP contribution is -2.47. The van der Waals surface area contributed by atoms with Crippen molar-refractivity contribution in [1.29, 1.82) is 0 Å². The van der Waals surface area contributed by atoms with Crippen molar-refractivity contribution >= 4 is 16.7 Å². The number of hydrogen-bond donors (Lipinski definition) is 1. The number of hydrogen-bond acceptors (Lipinski definition) is 5. The van der Waals surface area contributed by atoms with E-state index in [-0.39, 0.29) is 6.61 Å². The van der Waals surface area contributed by atoms with Crippen LogP contribution in [0.1, 0.15) is 0 Å². The van der Waals surface area contributed by atoms with Gasteiger partial charge < -0.3 is 10.0 Å². The lowest BCUT2D eigenvalue weighted by atomic mass is 10.2. The van der Waals surface area contributed by atoms with Gasteiger partial charge in [-0.25, -0.2) is 4.68 Å². The van der Waals surface area contributed by atoms with E-state index in [1.807, 2.05) is 13.1 Å². The molecule has 0 atom stereocenters. The fourth-order valence-electron chi connectivity index (χ4n) is 2.65. The summed E-state index contributed by atoms with van der Waals surface area (Å²) in [7, 11) is 1.91. The van der Waals surface area contributed by atoms with Crippen LogP contribution in [0.25, 0.3) is 11.0 Å². The Morgan fingerprint density at radius 3 is 2.74 bits per heavy atom. The van der Waals surface area contributed by atoms with Crippen LogP contribution in [0.15, 0.2) is 18.2 Å². The number of fused-ring (bicyclic) bond motifs is 1. The normalized spacial score (nSPS) is 17.3. The molecule has 6 nitrogen and oxygen atoms in total. The lowest BCUT2D eigenvalue weighted by molar-refractivity contribution is 0.189. The average molecular weight is 261 g/mol. The fourth-order valence-corrected chi connectivity index (χ4v) is 2.65. The lowest BCUT2D eigenvalue weighted by Gasteiger charge is -2.35. The second-order valence-electron chi connectivity index (χ2n) is 4.91. The van der Waals surface area contributed by atoms with Gasteiger partial charge in [0.05, 0.1) is 17.8 Å². The Morgan fingerprint density at radius 2 is 2.00 bits per heavy atom. The molecule has 0 unspecified atom stereocenters. The van der Waals surface area contributed by atoms with E-state index in [0.29, 0.717) is 0 Å². The average Bonchev–Trinajstić information content (AvgIpc) is 2.82. The maximum Gasteiger partial charge on any atom is 0.136 e. The Hall–Kier alpha value is -1.66. The van der Waals surface area contributed by atoms with Crippen molar-refractivity contribution in [3.05, 3.63) is 18.2 Å². The van der Waals surface area contributed by atoms with Gasteiger partial charge in [-0.3, -0.25) is 4.90 Å². The van der Waals surface area contributed by atoms with Gasteiger partial charge in [0, 0.05) is 39.8 Å². The fraction of sp³-hybridized carbons (Fsp3) is 0.538. The van der Waals surface area contributed by atoms with Crippen molar-refractivity contribution < 1.29 is 5.11 Å². The first-order valence-electron chi connectivity index (χ1n) is 6.66. The Labute approximate surface area is 112 Å². The van der Waals surface area contributed by atoms with Gasteiger partial charge in [-0.05, 0) is 12.1 Å². The zero-order chi connectivity index (χ0) is 13.2. The predicted octanol–water partition coefficient (Wildman–Crippen LogP) is 0.0826. The highest BCUT2D eigenvalue weighted by molar-refractivity contribution is 5.88. The number of rotatable bonds is 3. The number of anilines is 1. The highest BCUT2D eigenvalue weighted by atomic mass is 16.3. The van der Waals surface area contributed by atoms with E-state index in [1.165, 1.54) is 0 Å². The SMILES string of the molecule is Cn1nnc2c(N3CCN(CCO)CC3)cccc21. The summed E-state index contributed by atoms with van der Waals surface area (Å²) in [4.78, 5) is 4.64. The number of benzene rings is 1. The molecular weight excluding hydrogens is 242 g/mol. The molecule has 1 aliphatic rings. The first kappa shape index (κ1) is 12.4. The Morgan fingerprint density at radius 1 is 1.21 bits per heavy atom. The van der Waals surface area contributed by atoms with E-state index >= 15 is 0 Å². The van der Waals surface area contributed by atoms with Crippen molar-refractivity contribution in [2.45, 2.75) is 0 Å². The van der Waals surface area contributed by atoms with Crippen molar-refractivity contribution in [2.75, 3.05) is 44.2 Å². The molecule has 0 amide bonds. The van der Waals surface area contributed by atoms with Crippen LogP contribution in [0, 0.1) is 0 Å². The molecule has 2 aromatic rings. The number of aromatic nitrogens is 3. The van der Waals surface area contributed by atoms with Gasteiger partial charge in [0.1, 0.15) is 5.52 Å². The minimum atomic E-state index is 0.236. The van der Waals surface area contributed by atoms with E-state index in [1.54, 1.807) is 4.68 Å². The van der Waals surface area contributed by atoms with Crippen LogP contribution in [0.2, 0.25) is 0 Å². The van der Waals surface area contributed by atoms with Crippen molar-refractivity contribution in [3.8, 4) is 0 Å². The van der Waals surface area contributed by atoms with E-state index in [2.05, 4.69) is 32.2 Å². The standard InChI is InChI=1S/C13H19N5O/c1-16-11-3-2-4-12(13(11)14-15-16)18-7-5-17(6-8-18)9-10-19/h2-4,19H,5-10H2,1H3. The molecule has 2 heterocycles. The van der Waals surface area contributed by atoms with Gasteiger partial charge in [0.15, 0.2) is 0 Å². The van der Waals surface area contributed by atoms with Crippen LogP contribution >= 0.6 is 0 Å². The molecule has 0 spiro atoms. The second-order valence-corrected chi connectivity index (χ2v) is 4.91. The third-order valence-corrected chi connectivity index (χ3v) is 3.75. The Bertz CT molecular complexity index is 559. The maximum atomic E-state index is 8.97. The first-order chi connectivity index (χ1) is 9.29. The highest BCUT2D eigenvalue weighted by Crippen LogP contribution is 2.25. The summed E-state index contributed by atoms with van der Waals surface area (Å²) in [5, 5.41) is 17.3. The molecule has 102 valence electrons. The Kier molecular flexibility index (Phi) is 3.35. The first-order valence-corrected chi connectivity index (χ1v) is 6.66. The third-order valence-electron chi connectivity index (χ3n) is 3.75. The van der Waals surface area contributed by atoms with E-state index in [4.69, 9.17) is 5.11 Å². The van der Waals surface area contributed by atoms with Crippen LogP contribution in [-0.4, -0.2) is 64.3 Å². The number of aryl methyl sites for hydroxylation is 1. The summed E-state index contributed by atoms with van der Waals surface area (Å²) in [5.41, 5.74) is 3.20. The molecule has 1 aromatic carbocycles. The van der Waals surface area contributed by atoms with Crippen LogP contribution in [0.4, 0.5) is 5.69 Å². The molecular formula is C13H19N5O. The van der Waals surface area contributed by atoms with Gasteiger partial charge in [-0.15, -0.1) is 5.10 Å². The molecule has 1 fully saturated rings. The third kappa shape index (κ3) is 2.29. The monoisotopic (exact) mass is 261 g/mol. The van der Waals surface area contributed by atoms with Gasteiger partial charge in [-0.2, -0.15) is 0 Å². The minimum absolute atomic E-state index is 0.236. The topological polar surface area (TPSA) is 57.4 Å². The van der Waals surface area contributed by atoms with Crippen molar-refractivity contribution in [1.82, 2.24) is 19.9 Å². The molecule has 1 N–H and O–H groups in total. The highest BCUT2D eigenvalue weighted by Gasteiger charge is 2.19. The molecule has 3 rings (SSSR count). The van der Waals surface area contributed by atoms with Gasteiger partial charge >= 0.3 is 0 Å². The summed E-state index contributed by atoms with van der Waals surface area (Å²) in [6.07, 6.45) is 0. The smallest absolute Gasteiger partial charge is 0.136 e. The van der Waals surface area contributed by atoms with Crippen LogP contribution in [0.5, 0.6) is 0 Å². The molecule has 0 radical (unpaired) electrons. The molecule has 19 heavy (non-hydrogen) atoms. The predicted molar refractivity (Wildman–Crippen MR) is 74.2 cm³/mol. The number of aliphatic hydroxyl groups is 1. The largest absolute Gasteiger partial charge is 0.395 e. The van der Waals surface area contributed by atoms with Gasteiger partial charge in [-0.1, -0.05) is 11.3 Å². The summed E-state index contributed by atoms with van der Waals surface area (Å²) >= 11 is 0. The van der Waals surface area contributed by atoms with Gasteiger partial charge in [0.2, 0.25) is 0 Å². The van der Waals surface area contributed by atoms with Crippen LogP contribution in [0.3, 0.4) is 0 Å². The van der Waals surface area contributed by atoms with Crippen LogP contribution in [-0.2, 0) is 7.05 Å². The van der Waals surface area contributed by atoms with Crippen molar-refractivity contribution in [2.24, 2.45) is 7.05 Å².